The van der Waals surface area contributed by atoms with Crippen LogP contribution in [0.3, 0.4) is 0 Å². The molecule has 0 aliphatic carbocycles. The number of carbonyl (C=O) groups is 1. The number of ether oxygens (including phenoxy) is 1. The van der Waals surface area contributed by atoms with Crippen LogP contribution >= 0.6 is 0 Å². The topological polar surface area (TPSA) is 69.0 Å². The highest BCUT2D eigenvalue weighted by Gasteiger charge is 2.30. The molecule has 6 heteroatoms. The summed E-state index contributed by atoms with van der Waals surface area (Å²) in [7, 11) is 1.72. The maximum atomic E-state index is 12.2. The standard InChI is InChI=1S/C12H12N4O2/c1-16-12(13-7-14-16)15-11(17)9-6-18-10-5-3-2-4-8(9)10/h2-5,7,9H,6H2,1H3,(H,13,14,15,17). The third kappa shape index (κ3) is 1.71. The quantitative estimate of drug-likeness (QED) is 0.853. The molecule has 0 fully saturated rings. The SMILES string of the molecule is Cn1ncnc1NC(=O)C1COc2ccccc21. The van der Waals surface area contributed by atoms with Gasteiger partial charge in [-0.1, -0.05) is 18.2 Å². The normalized spacial score (nSPS) is 17.1. The predicted molar refractivity (Wildman–Crippen MR) is 64.3 cm³/mol. The molecular formula is C12H12N4O2. The van der Waals surface area contributed by atoms with Gasteiger partial charge in [-0.25, -0.2) is 4.68 Å². The van der Waals surface area contributed by atoms with E-state index in [4.69, 9.17) is 4.74 Å². The highest BCUT2D eigenvalue weighted by molar-refractivity contribution is 5.95. The Kier molecular flexibility index (Phi) is 2.47. The number of rotatable bonds is 2. The molecule has 3 rings (SSSR count). The minimum absolute atomic E-state index is 0.129. The number of benzene rings is 1. The van der Waals surface area contributed by atoms with Gasteiger partial charge in [0.05, 0.1) is 0 Å². The van der Waals surface area contributed by atoms with E-state index in [0.29, 0.717) is 12.6 Å². The Hall–Kier alpha value is -2.37. The molecule has 2 aromatic rings. The predicted octanol–water partition coefficient (Wildman–Crippen LogP) is 0.930. The molecule has 0 bridgehead atoms. The average Bonchev–Trinajstić information content (AvgIpc) is 2.96. The molecule has 18 heavy (non-hydrogen) atoms. The van der Waals surface area contributed by atoms with E-state index in [-0.39, 0.29) is 11.8 Å². The zero-order valence-corrected chi connectivity index (χ0v) is 9.83. The van der Waals surface area contributed by atoms with Crippen LogP contribution in [0, 0.1) is 0 Å². The minimum atomic E-state index is -0.294. The van der Waals surface area contributed by atoms with Crippen LogP contribution in [0.25, 0.3) is 0 Å². The highest BCUT2D eigenvalue weighted by atomic mass is 16.5. The molecule has 0 radical (unpaired) electrons. The number of para-hydroxylation sites is 1. The number of aryl methyl sites for hydroxylation is 1. The number of nitrogens with one attached hydrogen (secondary N) is 1. The fourth-order valence-electron chi connectivity index (χ4n) is 1.99. The zero-order chi connectivity index (χ0) is 12.5. The van der Waals surface area contributed by atoms with Crippen molar-refractivity contribution in [2.75, 3.05) is 11.9 Å². The van der Waals surface area contributed by atoms with Crippen LogP contribution < -0.4 is 10.1 Å². The Balaban J connectivity index is 1.81. The molecule has 1 aliphatic rings. The second-order valence-corrected chi connectivity index (χ2v) is 4.10. The van der Waals surface area contributed by atoms with E-state index in [9.17, 15) is 4.79 Å². The molecular weight excluding hydrogens is 232 g/mol. The Morgan fingerprint density at radius 2 is 2.33 bits per heavy atom. The van der Waals surface area contributed by atoms with Crippen molar-refractivity contribution in [1.29, 1.82) is 0 Å². The van der Waals surface area contributed by atoms with E-state index in [1.54, 1.807) is 7.05 Å². The maximum absolute atomic E-state index is 12.2. The van der Waals surface area contributed by atoms with E-state index < -0.39 is 0 Å². The van der Waals surface area contributed by atoms with Gasteiger partial charge in [-0.3, -0.25) is 10.1 Å². The van der Waals surface area contributed by atoms with Crippen molar-refractivity contribution < 1.29 is 9.53 Å². The summed E-state index contributed by atoms with van der Waals surface area (Å²) in [6.07, 6.45) is 1.40. The maximum Gasteiger partial charge on any atom is 0.237 e. The first-order chi connectivity index (χ1) is 8.75. The lowest BCUT2D eigenvalue weighted by Crippen LogP contribution is -2.23. The number of hydrogen-bond donors (Lipinski definition) is 1. The number of carbonyl (C=O) groups excluding carboxylic acids is 1. The highest BCUT2D eigenvalue weighted by Crippen LogP contribution is 2.33. The number of nitrogens with zero attached hydrogens (tertiary/aromatic N) is 3. The van der Waals surface area contributed by atoms with Gasteiger partial charge in [0.1, 0.15) is 24.6 Å². The molecule has 2 heterocycles. The van der Waals surface area contributed by atoms with Gasteiger partial charge in [0.2, 0.25) is 11.9 Å². The third-order valence-electron chi connectivity index (χ3n) is 2.96. The van der Waals surface area contributed by atoms with E-state index >= 15 is 0 Å². The van der Waals surface area contributed by atoms with Crippen molar-refractivity contribution in [1.82, 2.24) is 14.8 Å². The first-order valence-corrected chi connectivity index (χ1v) is 5.62. The number of hydrogen-bond acceptors (Lipinski definition) is 4. The van der Waals surface area contributed by atoms with E-state index in [1.807, 2.05) is 24.3 Å². The average molecular weight is 244 g/mol. The van der Waals surface area contributed by atoms with E-state index in [1.165, 1.54) is 11.0 Å². The van der Waals surface area contributed by atoms with Crippen LogP contribution in [-0.2, 0) is 11.8 Å². The van der Waals surface area contributed by atoms with Gasteiger partial charge in [-0.15, -0.1) is 0 Å². The summed E-state index contributed by atoms with van der Waals surface area (Å²) in [6, 6.07) is 7.56. The summed E-state index contributed by atoms with van der Waals surface area (Å²) in [5.74, 6) is 0.786. The largest absolute Gasteiger partial charge is 0.492 e. The van der Waals surface area contributed by atoms with Crippen LogP contribution in [0.15, 0.2) is 30.6 Å². The fraction of sp³-hybridized carbons (Fsp3) is 0.250. The second-order valence-electron chi connectivity index (χ2n) is 4.10. The van der Waals surface area contributed by atoms with Crippen molar-refractivity contribution >= 4 is 11.9 Å². The van der Waals surface area contributed by atoms with Crippen molar-refractivity contribution in [3.8, 4) is 5.75 Å². The van der Waals surface area contributed by atoms with Crippen molar-refractivity contribution in [2.45, 2.75) is 5.92 Å². The molecule has 1 N–H and O–H groups in total. The summed E-state index contributed by atoms with van der Waals surface area (Å²) in [6.45, 7) is 0.364. The van der Waals surface area contributed by atoms with Gasteiger partial charge >= 0.3 is 0 Å². The van der Waals surface area contributed by atoms with Gasteiger partial charge in [-0.2, -0.15) is 10.1 Å². The first kappa shape index (κ1) is 10.8. The smallest absolute Gasteiger partial charge is 0.237 e. The number of anilines is 1. The Bertz CT molecular complexity index is 593. The summed E-state index contributed by atoms with van der Waals surface area (Å²) < 4.78 is 6.99. The Labute approximate surface area is 104 Å². The lowest BCUT2D eigenvalue weighted by Gasteiger charge is -2.08. The monoisotopic (exact) mass is 244 g/mol. The first-order valence-electron chi connectivity index (χ1n) is 5.62. The minimum Gasteiger partial charge on any atom is -0.492 e. The van der Waals surface area contributed by atoms with Crippen LogP contribution in [0.5, 0.6) is 5.75 Å². The second kappa shape index (κ2) is 4.14. The van der Waals surface area contributed by atoms with Gasteiger partial charge in [0, 0.05) is 12.6 Å². The van der Waals surface area contributed by atoms with Crippen molar-refractivity contribution in [3.63, 3.8) is 0 Å². The Morgan fingerprint density at radius 3 is 3.11 bits per heavy atom. The van der Waals surface area contributed by atoms with E-state index in [0.717, 1.165) is 11.3 Å². The van der Waals surface area contributed by atoms with Crippen LogP contribution in [0.4, 0.5) is 5.95 Å². The summed E-state index contributed by atoms with van der Waals surface area (Å²) in [5, 5.41) is 6.64. The summed E-state index contributed by atoms with van der Waals surface area (Å²) in [5.41, 5.74) is 0.914. The van der Waals surface area contributed by atoms with Gasteiger partial charge in [-0.05, 0) is 6.07 Å². The molecule has 92 valence electrons. The van der Waals surface area contributed by atoms with Crippen LogP contribution in [0.2, 0.25) is 0 Å². The number of amides is 1. The molecule has 1 aliphatic heterocycles. The van der Waals surface area contributed by atoms with E-state index in [2.05, 4.69) is 15.4 Å². The summed E-state index contributed by atoms with van der Waals surface area (Å²) >= 11 is 0. The molecule has 0 spiro atoms. The summed E-state index contributed by atoms with van der Waals surface area (Å²) in [4.78, 5) is 16.1. The van der Waals surface area contributed by atoms with Crippen molar-refractivity contribution in [3.05, 3.63) is 36.2 Å². The van der Waals surface area contributed by atoms with Crippen molar-refractivity contribution in [2.24, 2.45) is 7.05 Å². The number of fused-ring (bicyclic) bond motifs is 1. The molecule has 1 unspecified atom stereocenters. The third-order valence-corrected chi connectivity index (χ3v) is 2.96. The van der Waals surface area contributed by atoms with Gasteiger partial charge < -0.3 is 4.74 Å². The molecule has 1 amide bonds. The molecule has 1 aromatic carbocycles. The van der Waals surface area contributed by atoms with Crippen LogP contribution in [-0.4, -0.2) is 27.3 Å². The molecule has 1 atom stereocenters. The lowest BCUT2D eigenvalue weighted by atomic mass is 10.0. The fourth-order valence-corrected chi connectivity index (χ4v) is 1.99. The van der Waals surface area contributed by atoms with Gasteiger partial charge in [0.25, 0.3) is 0 Å². The molecule has 1 aromatic heterocycles. The molecule has 6 nitrogen and oxygen atoms in total. The van der Waals surface area contributed by atoms with Crippen LogP contribution in [0.1, 0.15) is 11.5 Å². The Morgan fingerprint density at radius 1 is 1.50 bits per heavy atom. The lowest BCUT2D eigenvalue weighted by molar-refractivity contribution is -0.117. The zero-order valence-electron chi connectivity index (χ0n) is 9.83. The molecule has 0 saturated carbocycles. The van der Waals surface area contributed by atoms with Gasteiger partial charge in [0.15, 0.2) is 0 Å². The molecule has 0 saturated heterocycles. The number of aromatic nitrogens is 3.